The average molecular weight is 341 g/mol. The lowest BCUT2D eigenvalue weighted by Gasteiger charge is -2.20. The fourth-order valence-corrected chi connectivity index (χ4v) is 2.16. The van der Waals surface area contributed by atoms with Crippen LogP contribution in [0.3, 0.4) is 0 Å². The van der Waals surface area contributed by atoms with Crippen molar-refractivity contribution in [2.24, 2.45) is 0 Å². The molecule has 0 spiro atoms. The second-order valence-electron chi connectivity index (χ2n) is 4.04. The number of aliphatic hydroxyl groups excluding tert-OH is 1. The first-order valence-corrected chi connectivity index (χ1v) is 7.29. The summed E-state index contributed by atoms with van der Waals surface area (Å²) in [5.74, 6) is 0.135. The van der Waals surface area contributed by atoms with Crippen LogP contribution in [0, 0.1) is 0 Å². The predicted octanol–water partition coefficient (Wildman–Crippen LogP) is 3.26. The maximum atomic E-state index is 11.9. The minimum Gasteiger partial charge on any atom is -0.482 e. The number of ether oxygens (including phenoxy) is 1. The van der Waals surface area contributed by atoms with Crippen LogP contribution in [0.2, 0.25) is 15.1 Å². The van der Waals surface area contributed by atoms with E-state index >= 15 is 0 Å². The highest BCUT2D eigenvalue weighted by Crippen LogP contribution is 2.33. The van der Waals surface area contributed by atoms with Gasteiger partial charge in [-0.2, -0.15) is 0 Å². The number of hydrogen-bond acceptors (Lipinski definition) is 3. The zero-order chi connectivity index (χ0) is 15.1. The summed E-state index contributed by atoms with van der Waals surface area (Å²) in [4.78, 5) is 13.5. The Morgan fingerprint density at radius 2 is 1.90 bits per heavy atom. The molecule has 20 heavy (non-hydrogen) atoms. The highest BCUT2D eigenvalue weighted by Gasteiger charge is 2.14. The summed E-state index contributed by atoms with van der Waals surface area (Å²) in [6.07, 6.45) is 0.535. The summed E-state index contributed by atoms with van der Waals surface area (Å²) in [5, 5.41) is 9.71. The van der Waals surface area contributed by atoms with Crippen LogP contribution in [0.4, 0.5) is 0 Å². The van der Waals surface area contributed by atoms with Crippen LogP contribution < -0.4 is 4.74 Å². The number of nitrogens with zero attached hydrogens (tertiary/aromatic N) is 1. The second kappa shape index (κ2) is 8.57. The Labute approximate surface area is 133 Å². The Bertz CT molecular complexity index is 468. The van der Waals surface area contributed by atoms with E-state index in [0.29, 0.717) is 40.3 Å². The molecule has 0 aliphatic carbocycles. The molecule has 0 aliphatic rings. The summed E-state index contributed by atoms with van der Waals surface area (Å²) >= 11 is 17.6. The van der Waals surface area contributed by atoms with Crippen molar-refractivity contribution in [2.75, 3.05) is 26.3 Å². The van der Waals surface area contributed by atoms with Crippen molar-refractivity contribution in [3.05, 3.63) is 27.2 Å². The van der Waals surface area contributed by atoms with E-state index in [9.17, 15) is 4.79 Å². The molecule has 1 rings (SSSR count). The molecule has 0 saturated heterocycles. The van der Waals surface area contributed by atoms with Crippen LogP contribution in [0.1, 0.15) is 13.3 Å². The molecule has 0 aromatic heterocycles. The van der Waals surface area contributed by atoms with Crippen molar-refractivity contribution in [1.29, 1.82) is 0 Å². The molecule has 7 heteroatoms. The van der Waals surface area contributed by atoms with Crippen LogP contribution in [-0.2, 0) is 4.79 Å². The van der Waals surface area contributed by atoms with Gasteiger partial charge in [-0.05, 0) is 19.4 Å². The molecular weight excluding hydrogens is 325 g/mol. The largest absolute Gasteiger partial charge is 0.482 e. The molecule has 0 unspecified atom stereocenters. The minimum absolute atomic E-state index is 0.0449. The van der Waals surface area contributed by atoms with Gasteiger partial charge in [-0.3, -0.25) is 4.79 Å². The fourth-order valence-electron chi connectivity index (χ4n) is 1.57. The molecule has 0 aliphatic heterocycles. The summed E-state index contributed by atoms with van der Waals surface area (Å²) in [5.41, 5.74) is 0. The quantitative estimate of drug-likeness (QED) is 0.775. The smallest absolute Gasteiger partial charge is 0.260 e. The second-order valence-corrected chi connectivity index (χ2v) is 5.26. The summed E-state index contributed by atoms with van der Waals surface area (Å²) in [6, 6.07) is 2.94. The van der Waals surface area contributed by atoms with Gasteiger partial charge >= 0.3 is 0 Å². The van der Waals surface area contributed by atoms with Gasteiger partial charge in [0.05, 0.1) is 15.1 Å². The molecule has 0 fully saturated rings. The molecule has 0 bridgehead atoms. The highest BCUT2D eigenvalue weighted by molar-refractivity contribution is 6.43. The first kappa shape index (κ1) is 17.4. The van der Waals surface area contributed by atoms with Gasteiger partial charge in [-0.25, -0.2) is 0 Å². The molecule has 0 radical (unpaired) electrons. The van der Waals surface area contributed by atoms with E-state index in [0.717, 1.165) is 0 Å². The van der Waals surface area contributed by atoms with Gasteiger partial charge in [0.2, 0.25) is 0 Å². The summed E-state index contributed by atoms with van der Waals surface area (Å²) < 4.78 is 5.37. The number of halogens is 3. The third-order valence-corrected chi connectivity index (χ3v) is 3.66. The van der Waals surface area contributed by atoms with E-state index < -0.39 is 0 Å². The highest BCUT2D eigenvalue weighted by atomic mass is 35.5. The van der Waals surface area contributed by atoms with E-state index in [-0.39, 0.29) is 19.1 Å². The van der Waals surface area contributed by atoms with Gasteiger partial charge in [0, 0.05) is 25.8 Å². The number of hydrogen-bond donors (Lipinski definition) is 1. The Morgan fingerprint density at radius 3 is 2.50 bits per heavy atom. The molecule has 1 aromatic carbocycles. The number of rotatable bonds is 7. The molecule has 4 nitrogen and oxygen atoms in total. The lowest BCUT2D eigenvalue weighted by atomic mass is 10.3. The topological polar surface area (TPSA) is 49.8 Å². The lowest BCUT2D eigenvalue weighted by Crippen LogP contribution is -2.35. The van der Waals surface area contributed by atoms with Gasteiger partial charge in [-0.1, -0.05) is 34.8 Å². The molecule has 1 N–H and O–H groups in total. The van der Waals surface area contributed by atoms with Crippen molar-refractivity contribution in [3.63, 3.8) is 0 Å². The maximum absolute atomic E-state index is 11.9. The van der Waals surface area contributed by atoms with Crippen LogP contribution in [0.25, 0.3) is 0 Å². The third-order valence-electron chi connectivity index (χ3n) is 2.65. The van der Waals surface area contributed by atoms with Crippen molar-refractivity contribution in [3.8, 4) is 5.75 Å². The molecule has 1 aromatic rings. The zero-order valence-corrected chi connectivity index (χ0v) is 13.3. The number of carbonyl (C=O) groups is 1. The molecular formula is C13H16Cl3NO3. The number of benzene rings is 1. The van der Waals surface area contributed by atoms with Crippen molar-refractivity contribution in [2.45, 2.75) is 13.3 Å². The van der Waals surface area contributed by atoms with Crippen molar-refractivity contribution >= 4 is 40.7 Å². The standard InChI is InChI=1S/C13H16Cl3NO3/c1-2-17(4-3-5-18)13(19)8-20-12-7-10(15)9(14)6-11(12)16/h6-7,18H,2-5,8H2,1H3. The third kappa shape index (κ3) is 5.02. The Morgan fingerprint density at radius 1 is 1.25 bits per heavy atom. The zero-order valence-electron chi connectivity index (χ0n) is 11.0. The summed E-state index contributed by atoms with van der Waals surface area (Å²) in [6.45, 7) is 2.81. The summed E-state index contributed by atoms with van der Waals surface area (Å²) in [7, 11) is 0. The van der Waals surface area contributed by atoms with Crippen LogP contribution in [-0.4, -0.2) is 42.2 Å². The van der Waals surface area contributed by atoms with Crippen LogP contribution in [0.15, 0.2) is 12.1 Å². The van der Waals surface area contributed by atoms with Gasteiger partial charge < -0.3 is 14.7 Å². The van der Waals surface area contributed by atoms with Crippen LogP contribution >= 0.6 is 34.8 Å². The van der Waals surface area contributed by atoms with E-state index in [1.54, 1.807) is 4.90 Å². The number of aliphatic hydroxyl groups is 1. The molecule has 0 atom stereocenters. The van der Waals surface area contributed by atoms with Crippen LogP contribution in [0.5, 0.6) is 5.75 Å². The Kier molecular flexibility index (Phi) is 7.45. The molecule has 1 amide bonds. The molecule has 112 valence electrons. The van der Waals surface area contributed by atoms with E-state index in [4.69, 9.17) is 44.6 Å². The van der Waals surface area contributed by atoms with Gasteiger partial charge in [0.25, 0.3) is 5.91 Å². The monoisotopic (exact) mass is 339 g/mol. The SMILES string of the molecule is CCN(CCCO)C(=O)COc1cc(Cl)c(Cl)cc1Cl. The number of likely N-dealkylation sites (N-methyl/N-ethyl adjacent to an activating group) is 1. The van der Waals surface area contributed by atoms with E-state index in [1.165, 1.54) is 12.1 Å². The Balaban J connectivity index is 2.62. The normalized spacial score (nSPS) is 10.4. The predicted molar refractivity (Wildman–Crippen MR) is 80.9 cm³/mol. The van der Waals surface area contributed by atoms with Gasteiger partial charge in [0.15, 0.2) is 6.61 Å². The fraction of sp³-hybridized carbons (Fsp3) is 0.462. The van der Waals surface area contributed by atoms with Gasteiger partial charge in [0.1, 0.15) is 5.75 Å². The Hall–Kier alpha value is -0.680. The number of amides is 1. The van der Waals surface area contributed by atoms with Crippen molar-refractivity contribution in [1.82, 2.24) is 4.90 Å². The van der Waals surface area contributed by atoms with Crippen molar-refractivity contribution < 1.29 is 14.6 Å². The molecule has 0 heterocycles. The minimum atomic E-state index is -0.178. The van der Waals surface area contributed by atoms with E-state index in [2.05, 4.69) is 0 Å². The first-order valence-electron chi connectivity index (χ1n) is 6.15. The maximum Gasteiger partial charge on any atom is 0.260 e. The average Bonchev–Trinajstić information content (AvgIpc) is 2.42. The first-order chi connectivity index (χ1) is 9.49. The van der Waals surface area contributed by atoms with E-state index in [1.807, 2.05) is 6.92 Å². The lowest BCUT2D eigenvalue weighted by molar-refractivity contribution is -0.133. The number of carbonyl (C=O) groups excluding carboxylic acids is 1. The molecule has 0 saturated carbocycles. The van der Waals surface area contributed by atoms with Gasteiger partial charge in [-0.15, -0.1) is 0 Å².